The van der Waals surface area contributed by atoms with E-state index in [9.17, 15) is 10.2 Å². The minimum atomic E-state index is -0.491. The lowest BCUT2D eigenvalue weighted by Gasteiger charge is -2.09. The number of nitrogens with two attached hydrogens (primary N) is 1. The molecule has 90 valence electrons. The maximum Gasteiger partial charge on any atom is 0.139 e. The van der Waals surface area contributed by atoms with Crippen LogP contribution in [0.2, 0.25) is 0 Å². The number of aromatic hydroxyl groups is 1. The molecule has 0 fully saturated rings. The second-order valence-electron chi connectivity index (χ2n) is 4.23. The minimum absolute atomic E-state index is 0.0288. The highest BCUT2D eigenvalue weighted by Crippen LogP contribution is 2.29. The van der Waals surface area contributed by atoms with Gasteiger partial charge in [0, 0.05) is 11.1 Å². The third-order valence-corrected chi connectivity index (χ3v) is 2.98. The van der Waals surface area contributed by atoms with E-state index in [-0.39, 0.29) is 11.5 Å². The number of phenols is 1. The molecule has 0 saturated carbocycles. The van der Waals surface area contributed by atoms with Gasteiger partial charge in [-0.05, 0) is 25.0 Å². The highest BCUT2D eigenvalue weighted by Gasteiger charge is 2.15. The van der Waals surface area contributed by atoms with Crippen LogP contribution in [0.4, 0.5) is 0 Å². The normalized spacial score (nSPS) is 12.8. The number of phenolic OH excluding ortho intramolecular Hbond substituents is 1. The van der Waals surface area contributed by atoms with Crippen molar-refractivity contribution in [2.45, 2.75) is 19.4 Å². The Balaban J connectivity index is 2.50. The van der Waals surface area contributed by atoms with Gasteiger partial charge in [0.1, 0.15) is 11.5 Å². The van der Waals surface area contributed by atoms with Crippen LogP contribution in [-0.4, -0.2) is 21.2 Å². The number of para-hydroxylation sites is 1. The molecular weight excluding hydrogens is 216 g/mol. The van der Waals surface area contributed by atoms with Gasteiger partial charge in [0.2, 0.25) is 0 Å². The number of aromatic nitrogens is 1. The Morgan fingerprint density at radius 1 is 1.53 bits per heavy atom. The van der Waals surface area contributed by atoms with Crippen LogP contribution in [-0.2, 0) is 6.42 Å². The standard InChI is InChI=1S/C13H16N2O2/c1-7-10(6-11(14)8(2)16)9-4-3-5-12(17)13(9)15-7/h3-5,11,15-17H,2,6,14H2,1H3. The number of fused-ring (bicyclic) bond motifs is 1. The summed E-state index contributed by atoms with van der Waals surface area (Å²) < 4.78 is 0. The zero-order chi connectivity index (χ0) is 12.6. The number of aliphatic hydroxyl groups excluding tert-OH is 1. The summed E-state index contributed by atoms with van der Waals surface area (Å²) in [5.41, 5.74) is 8.43. The fourth-order valence-corrected chi connectivity index (χ4v) is 1.99. The van der Waals surface area contributed by atoms with Gasteiger partial charge in [-0.1, -0.05) is 18.7 Å². The second kappa shape index (κ2) is 4.14. The molecule has 1 unspecified atom stereocenters. The summed E-state index contributed by atoms with van der Waals surface area (Å²) in [4.78, 5) is 3.12. The average molecular weight is 232 g/mol. The van der Waals surface area contributed by atoms with Gasteiger partial charge >= 0.3 is 0 Å². The van der Waals surface area contributed by atoms with Crippen molar-refractivity contribution in [1.29, 1.82) is 0 Å². The molecule has 0 radical (unpaired) electrons. The molecule has 0 saturated heterocycles. The number of aryl methyl sites for hydroxylation is 1. The molecule has 1 heterocycles. The number of benzene rings is 1. The van der Waals surface area contributed by atoms with Gasteiger partial charge in [-0.3, -0.25) is 0 Å². The summed E-state index contributed by atoms with van der Waals surface area (Å²) in [6.07, 6.45) is 0.491. The van der Waals surface area contributed by atoms with Crippen molar-refractivity contribution >= 4 is 10.9 Å². The van der Waals surface area contributed by atoms with Crippen LogP contribution in [0.15, 0.2) is 30.5 Å². The lowest BCUT2D eigenvalue weighted by molar-refractivity contribution is 0.368. The van der Waals surface area contributed by atoms with Crippen LogP contribution < -0.4 is 5.73 Å². The van der Waals surface area contributed by atoms with Crippen LogP contribution in [0.1, 0.15) is 11.3 Å². The maximum absolute atomic E-state index is 9.72. The zero-order valence-electron chi connectivity index (χ0n) is 9.70. The molecular formula is C13H16N2O2. The van der Waals surface area contributed by atoms with Crippen LogP contribution in [0, 0.1) is 6.92 Å². The van der Waals surface area contributed by atoms with Gasteiger partial charge in [-0.2, -0.15) is 0 Å². The summed E-state index contributed by atoms with van der Waals surface area (Å²) in [5.74, 6) is 0.187. The van der Waals surface area contributed by atoms with Crippen molar-refractivity contribution in [2.24, 2.45) is 5.73 Å². The number of hydrogen-bond donors (Lipinski definition) is 4. The van der Waals surface area contributed by atoms with Gasteiger partial charge in [-0.15, -0.1) is 0 Å². The fourth-order valence-electron chi connectivity index (χ4n) is 1.99. The van der Waals surface area contributed by atoms with Crippen molar-refractivity contribution in [3.63, 3.8) is 0 Å². The highest BCUT2D eigenvalue weighted by atomic mass is 16.3. The lowest BCUT2D eigenvalue weighted by Crippen LogP contribution is -2.24. The smallest absolute Gasteiger partial charge is 0.139 e. The van der Waals surface area contributed by atoms with Crippen LogP contribution >= 0.6 is 0 Å². The Kier molecular flexibility index (Phi) is 2.81. The summed E-state index contributed by atoms with van der Waals surface area (Å²) >= 11 is 0. The molecule has 4 nitrogen and oxygen atoms in total. The molecule has 2 rings (SSSR count). The van der Waals surface area contributed by atoms with Crippen molar-refractivity contribution in [1.82, 2.24) is 4.98 Å². The van der Waals surface area contributed by atoms with E-state index in [0.29, 0.717) is 11.9 Å². The lowest BCUT2D eigenvalue weighted by atomic mass is 10.0. The number of H-pyrrole nitrogens is 1. The third kappa shape index (κ3) is 1.99. The molecule has 0 spiro atoms. The number of aliphatic hydroxyl groups is 1. The first-order valence-electron chi connectivity index (χ1n) is 5.43. The molecule has 1 atom stereocenters. The SMILES string of the molecule is C=C(O)C(N)Cc1c(C)[nH]c2c(O)cccc12. The first kappa shape index (κ1) is 11.5. The largest absolute Gasteiger partial charge is 0.511 e. The molecule has 1 aromatic heterocycles. The summed E-state index contributed by atoms with van der Waals surface area (Å²) in [6.45, 7) is 5.35. The summed E-state index contributed by atoms with van der Waals surface area (Å²) in [5, 5.41) is 19.9. The molecule has 0 amide bonds. The Hall–Kier alpha value is -1.94. The number of aromatic amines is 1. The van der Waals surface area contributed by atoms with Gasteiger partial charge in [-0.25, -0.2) is 0 Å². The Morgan fingerprint density at radius 3 is 2.88 bits per heavy atom. The Bertz CT molecular complexity index is 572. The molecule has 1 aromatic carbocycles. The van der Waals surface area contributed by atoms with E-state index in [4.69, 9.17) is 5.73 Å². The van der Waals surface area contributed by atoms with E-state index < -0.39 is 6.04 Å². The average Bonchev–Trinajstić information content (AvgIpc) is 2.58. The molecule has 17 heavy (non-hydrogen) atoms. The van der Waals surface area contributed by atoms with Crippen LogP contribution in [0.3, 0.4) is 0 Å². The zero-order valence-corrected chi connectivity index (χ0v) is 9.70. The van der Waals surface area contributed by atoms with Gasteiger partial charge in [0.15, 0.2) is 0 Å². The summed E-state index contributed by atoms with van der Waals surface area (Å²) in [6, 6.07) is 4.84. The predicted molar refractivity (Wildman–Crippen MR) is 68.1 cm³/mol. The van der Waals surface area contributed by atoms with E-state index in [1.165, 1.54) is 0 Å². The molecule has 0 aliphatic rings. The Morgan fingerprint density at radius 2 is 2.24 bits per heavy atom. The van der Waals surface area contributed by atoms with Crippen molar-refractivity contribution in [2.75, 3.05) is 0 Å². The molecule has 5 N–H and O–H groups in total. The van der Waals surface area contributed by atoms with E-state index >= 15 is 0 Å². The summed E-state index contributed by atoms with van der Waals surface area (Å²) in [7, 11) is 0. The minimum Gasteiger partial charge on any atom is -0.511 e. The highest BCUT2D eigenvalue weighted by molar-refractivity contribution is 5.89. The molecule has 0 bridgehead atoms. The first-order valence-corrected chi connectivity index (χ1v) is 5.43. The van der Waals surface area contributed by atoms with Gasteiger partial charge in [0.05, 0.1) is 11.6 Å². The molecule has 4 heteroatoms. The van der Waals surface area contributed by atoms with Crippen molar-refractivity contribution in [3.8, 4) is 5.75 Å². The monoisotopic (exact) mass is 232 g/mol. The van der Waals surface area contributed by atoms with E-state index in [1.807, 2.05) is 13.0 Å². The Labute approximate surface area is 99.4 Å². The second-order valence-corrected chi connectivity index (χ2v) is 4.23. The van der Waals surface area contributed by atoms with E-state index in [2.05, 4.69) is 11.6 Å². The van der Waals surface area contributed by atoms with Crippen LogP contribution in [0.5, 0.6) is 5.75 Å². The van der Waals surface area contributed by atoms with Gasteiger partial charge in [0.25, 0.3) is 0 Å². The van der Waals surface area contributed by atoms with Crippen LogP contribution in [0.25, 0.3) is 10.9 Å². The van der Waals surface area contributed by atoms with E-state index in [1.54, 1.807) is 12.1 Å². The molecule has 2 aromatic rings. The van der Waals surface area contributed by atoms with Gasteiger partial charge < -0.3 is 20.9 Å². The fraction of sp³-hybridized carbons (Fsp3) is 0.231. The first-order chi connectivity index (χ1) is 8.00. The topological polar surface area (TPSA) is 82.3 Å². The molecule has 0 aliphatic carbocycles. The third-order valence-electron chi connectivity index (χ3n) is 2.98. The molecule has 0 aliphatic heterocycles. The quantitative estimate of drug-likeness (QED) is 0.612. The van der Waals surface area contributed by atoms with E-state index in [0.717, 1.165) is 16.6 Å². The maximum atomic E-state index is 9.72. The van der Waals surface area contributed by atoms with Crippen molar-refractivity contribution in [3.05, 3.63) is 41.8 Å². The number of hydrogen-bond acceptors (Lipinski definition) is 3. The number of nitrogens with one attached hydrogen (secondary N) is 1. The van der Waals surface area contributed by atoms with Crippen molar-refractivity contribution < 1.29 is 10.2 Å². The number of rotatable bonds is 3. The predicted octanol–water partition coefficient (Wildman–Crippen LogP) is 2.12.